The highest BCUT2D eigenvalue weighted by Gasteiger charge is 1.98. The van der Waals surface area contributed by atoms with Crippen molar-refractivity contribution < 1.29 is 14.3 Å². The van der Waals surface area contributed by atoms with Crippen LogP contribution in [0.2, 0.25) is 0 Å². The van der Waals surface area contributed by atoms with Crippen LogP contribution in [-0.2, 0) is 16.1 Å². The summed E-state index contributed by atoms with van der Waals surface area (Å²) in [6.07, 6.45) is 0.811. The Morgan fingerprint density at radius 3 is 2.63 bits per heavy atom. The third-order valence-electron chi connectivity index (χ3n) is 2.55. The van der Waals surface area contributed by atoms with E-state index in [1.54, 1.807) is 14.2 Å². The highest BCUT2D eigenvalue weighted by Crippen LogP contribution is 2.11. The first kappa shape index (κ1) is 15.5. The molecule has 106 valence electrons. The molecule has 0 saturated heterocycles. The molecule has 2 N–H and O–H groups in total. The van der Waals surface area contributed by atoms with Crippen molar-refractivity contribution in [3.8, 4) is 5.75 Å². The zero-order valence-corrected chi connectivity index (χ0v) is 11.6. The van der Waals surface area contributed by atoms with E-state index in [0.29, 0.717) is 26.3 Å². The van der Waals surface area contributed by atoms with E-state index >= 15 is 0 Å². The molecule has 19 heavy (non-hydrogen) atoms. The van der Waals surface area contributed by atoms with Gasteiger partial charge in [-0.15, -0.1) is 0 Å². The summed E-state index contributed by atoms with van der Waals surface area (Å²) in [7, 11) is 3.39. The van der Waals surface area contributed by atoms with Crippen LogP contribution in [0.3, 0.4) is 0 Å². The maximum absolute atomic E-state index is 11.1. The van der Waals surface area contributed by atoms with Crippen molar-refractivity contribution in [3.05, 3.63) is 29.8 Å². The fraction of sp³-hybridized carbons (Fsp3) is 0.500. The molecule has 5 nitrogen and oxygen atoms in total. The van der Waals surface area contributed by atoms with Gasteiger partial charge in [-0.2, -0.15) is 0 Å². The van der Waals surface area contributed by atoms with Crippen LogP contribution in [0.5, 0.6) is 5.75 Å². The number of hydrogen-bond acceptors (Lipinski definition) is 4. The number of methoxy groups -OCH3 is 1. The molecule has 0 aromatic heterocycles. The number of carbonyl (C=O) groups is 1. The van der Waals surface area contributed by atoms with Crippen LogP contribution in [0.25, 0.3) is 0 Å². The van der Waals surface area contributed by atoms with Gasteiger partial charge >= 0.3 is 0 Å². The van der Waals surface area contributed by atoms with Crippen molar-refractivity contribution >= 4 is 5.91 Å². The lowest BCUT2D eigenvalue weighted by Crippen LogP contribution is -2.33. The summed E-state index contributed by atoms with van der Waals surface area (Å²) in [5, 5.41) is 5.60. The lowest BCUT2D eigenvalue weighted by atomic mass is 10.2. The first-order valence-corrected chi connectivity index (χ1v) is 6.38. The van der Waals surface area contributed by atoms with E-state index in [1.807, 2.05) is 24.3 Å². The Morgan fingerprint density at radius 1 is 1.26 bits per heavy atom. The summed E-state index contributed by atoms with van der Waals surface area (Å²) in [4.78, 5) is 11.1. The summed E-state index contributed by atoms with van der Waals surface area (Å²) in [5.74, 6) is 0.855. The second-order valence-electron chi connectivity index (χ2n) is 4.13. The number of amides is 1. The summed E-state index contributed by atoms with van der Waals surface area (Å²) < 4.78 is 10.6. The molecule has 0 aliphatic carbocycles. The maximum atomic E-state index is 11.1. The van der Waals surface area contributed by atoms with E-state index in [4.69, 9.17) is 9.47 Å². The van der Waals surface area contributed by atoms with Crippen molar-refractivity contribution in [1.82, 2.24) is 10.6 Å². The molecule has 0 fully saturated rings. The molecule has 5 heteroatoms. The first-order valence-electron chi connectivity index (χ1n) is 6.38. The smallest absolute Gasteiger partial charge is 0.233 e. The minimum absolute atomic E-state index is 0.0117. The fourth-order valence-electron chi connectivity index (χ4n) is 1.54. The van der Waals surface area contributed by atoms with E-state index in [0.717, 1.165) is 17.7 Å². The second-order valence-corrected chi connectivity index (χ2v) is 4.13. The number of ether oxygens (including phenoxy) is 2. The van der Waals surface area contributed by atoms with E-state index in [2.05, 4.69) is 10.6 Å². The molecule has 0 heterocycles. The van der Waals surface area contributed by atoms with Crippen LogP contribution in [0.1, 0.15) is 12.0 Å². The molecule has 1 amide bonds. The minimum Gasteiger partial charge on any atom is -0.497 e. The largest absolute Gasteiger partial charge is 0.497 e. The van der Waals surface area contributed by atoms with Gasteiger partial charge < -0.3 is 20.1 Å². The van der Waals surface area contributed by atoms with Crippen LogP contribution >= 0.6 is 0 Å². The molecule has 1 aromatic rings. The van der Waals surface area contributed by atoms with Crippen LogP contribution in [0.15, 0.2) is 24.3 Å². The van der Waals surface area contributed by atoms with E-state index in [-0.39, 0.29) is 5.91 Å². The van der Waals surface area contributed by atoms with Gasteiger partial charge in [-0.1, -0.05) is 12.1 Å². The predicted molar refractivity (Wildman–Crippen MR) is 74.2 cm³/mol. The fourth-order valence-corrected chi connectivity index (χ4v) is 1.54. The van der Waals surface area contributed by atoms with Crippen molar-refractivity contribution in [3.63, 3.8) is 0 Å². The lowest BCUT2D eigenvalue weighted by Gasteiger charge is -2.07. The molecule has 1 aromatic carbocycles. The van der Waals surface area contributed by atoms with Crippen LogP contribution in [-0.4, -0.2) is 39.8 Å². The topological polar surface area (TPSA) is 59.6 Å². The van der Waals surface area contributed by atoms with E-state index in [1.165, 1.54) is 0 Å². The van der Waals surface area contributed by atoms with Gasteiger partial charge in [0.15, 0.2) is 0 Å². The highest BCUT2D eigenvalue weighted by molar-refractivity contribution is 5.77. The Kier molecular flexibility index (Phi) is 7.62. The second kappa shape index (κ2) is 9.35. The average molecular weight is 266 g/mol. The van der Waals surface area contributed by atoms with Gasteiger partial charge in [0.25, 0.3) is 0 Å². The maximum Gasteiger partial charge on any atom is 0.233 e. The third-order valence-corrected chi connectivity index (χ3v) is 2.55. The molecule has 0 bridgehead atoms. The molecule has 0 unspecified atom stereocenters. The van der Waals surface area contributed by atoms with Crippen molar-refractivity contribution in [2.24, 2.45) is 0 Å². The Hall–Kier alpha value is -1.59. The molecule has 1 rings (SSSR count). The Labute approximate surface area is 114 Å². The van der Waals surface area contributed by atoms with Crippen LogP contribution in [0.4, 0.5) is 0 Å². The quantitative estimate of drug-likeness (QED) is 0.653. The van der Waals surface area contributed by atoms with Gasteiger partial charge in [0.1, 0.15) is 5.75 Å². The SMILES string of the molecule is CNCC(=O)NCCCOCc1ccc(OC)cc1. The number of likely N-dealkylation sites (N-methyl/N-ethyl adjacent to an activating group) is 1. The lowest BCUT2D eigenvalue weighted by molar-refractivity contribution is -0.120. The monoisotopic (exact) mass is 266 g/mol. The number of nitrogens with one attached hydrogen (secondary N) is 2. The van der Waals surface area contributed by atoms with Crippen LogP contribution in [0, 0.1) is 0 Å². The predicted octanol–water partition coefficient (Wildman–Crippen LogP) is 0.937. The normalized spacial score (nSPS) is 10.2. The number of benzene rings is 1. The average Bonchev–Trinajstić information content (AvgIpc) is 2.43. The van der Waals surface area contributed by atoms with Gasteiger partial charge in [0, 0.05) is 13.2 Å². The summed E-state index contributed by atoms with van der Waals surface area (Å²) in [6, 6.07) is 7.79. The zero-order valence-electron chi connectivity index (χ0n) is 11.6. The standard InChI is InChI=1S/C14H22N2O3/c1-15-10-14(17)16-8-3-9-19-11-12-4-6-13(18-2)7-5-12/h4-7,15H,3,8-11H2,1-2H3,(H,16,17). The van der Waals surface area contributed by atoms with Gasteiger partial charge in [-0.3, -0.25) is 4.79 Å². The minimum atomic E-state index is 0.0117. The van der Waals surface area contributed by atoms with Gasteiger partial charge in [-0.05, 0) is 31.2 Å². The molecule has 0 aliphatic rings. The molecule has 0 radical (unpaired) electrons. The van der Waals surface area contributed by atoms with Gasteiger partial charge in [0.05, 0.1) is 20.3 Å². The van der Waals surface area contributed by atoms with Crippen molar-refractivity contribution in [2.75, 3.05) is 33.9 Å². The zero-order chi connectivity index (χ0) is 13.9. The summed E-state index contributed by atoms with van der Waals surface area (Å²) >= 11 is 0. The summed E-state index contributed by atoms with van der Waals surface area (Å²) in [6.45, 7) is 2.20. The van der Waals surface area contributed by atoms with E-state index < -0.39 is 0 Å². The van der Waals surface area contributed by atoms with E-state index in [9.17, 15) is 4.79 Å². The number of carbonyl (C=O) groups excluding carboxylic acids is 1. The van der Waals surface area contributed by atoms with Crippen molar-refractivity contribution in [2.45, 2.75) is 13.0 Å². The highest BCUT2D eigenvalue weighted by atomic mass is 16.5. The molecular formula is C14H22N2O3. The Morgan fingerprint density at radius 2 is 2.00 bits per heavy atom. The molecule has 0 spiro atoms. The third kappa shape index (κ3) is 6.79. The molecular weight excluding hydrogens is 244 g/mol. The van der Waals surface area contributed by atoms with Gasteiger partial charge in [0.2, 0.25) is 5.91 Å². The first-order chi connectivity index (χ1) is 9.26. The molecule has 0 atom stereocenters. The Bertz CT molecular complexity index is 365. The number of hydrogen-bond donors (Lipinski definition) is 2. The van der Waals surface area contributed by atoms with Gasteiger partial charge in [-0.25, -0.2) is 0 Å². The Balaban J connectivity index is 2.05. The van der Waals surface area contributed by atoms with Crippen LogP contribution < -0.4 is 15.4 Å². The van der Waals surface area contributed by atoms with Crippen molar-refractivity contribution in [1.29, 1.82) is 0 Å². The summed E-state index contributed by atoms with van der Waals surface area (Å²) in [5.41, 5.74) is 1.11. The number of rotatable bonds is 9. The molecule has 0 saturated carbocycles. The molecule has 0 aliphatic heterocycles.